The highest BCUT2D eigenvalue weighted by Crippen LogP contribution is 2.20. The van der Waals surface area contributed by atoms with Crippen molar-refractivity contribution in [2.75, 3.05) is 0 Å². The van der Waals surface area contributed by atoms with Crippen LogP contribution in [0.4, 0.5) is 0 Å². The summed E-state index contributed by atoms with van der Waals surface area (Å²) in [6.45, 7) is 4.36. The van der Waals surface area contributed by atoms with Gasteiger partial charge in [-0.3, -0.25) is 0 Å². The topological polar surface area (TPSA) is 63.6 Å². The van der Waals surface area contributed by atoms with Crippen LogP contribution >= 0.6 is 0 Å². The Morgan fingerprint density at radius 3 is 2.11 bits per heavy atom. The number of unbranched alkanes of at least 4 members (excludes halogenated alkanes) is 1. The Morgan fingerprint density at radius 1 is 1.11 bits per heavy atom. The van der Waals surface area contributed by atoms with Gasteiger partial charge in [0.1, 0.15) is 6.10 Å². The van der Waals surface area contributed by atoms with Crippen LogP contribution in [0.25, 0.3) is 0 Å². The van der Waals surface area contributed by atoms with Crippen molar-refractivity contribution in [3.63, 3.8) is 0 Å². The van der Waals surface area contributed by atoms with E-state index in [0.29, 0.717) is 0 Å². The van der Waals surface area contributed by atoms with Crippen LogP contribution in [0.15, 0.2) is 12.2 Å². The van der Waals surface area contributed by atoms with Crippen molar-refractivity contribution in [2.24, 2.45) is 0 Å². The molecule has 0 amide bonds. The lowest BCUT2D eigenvalue weighted by Crippen LogP contribution is -2.19. The molecule has 1 aliphatic rings. The van der Waals surface area contributed by atoms with Crippen LogP contribution in [0, 0.1) is 0 Å². The lowest BCUT2D eigenvalue weighted by Gasteiger charge is -2.20. The SMILES string of the molecule is CCCC.O=C(O)/C=C\C(=O)OC1CCCCC1. The minimum Gasteiger partial charge on any atom is -0.478 e. The summed E-state index contributed by atoms with van der Waals surface area (Å²) in [5.74, 6) is -1.69. The number of hydrogen-bond donors (Lipinski definition) is 1. The third kappa shape index (κ3) is 9.87. The second-order valence-electron chi connectivity index (χ2n) is 4.37. The summed E-state index contributed by atoms with van der Waals surface area (Å²) in [6, 6.07) is 0. The van der Waals surface area contributed by atoms with E-state index in [-0.39, 0.29) is 6.10 Å². The maximum atomic E-state index is 11.0. The van der Waals surface area contributed by atoms with E-state index in [1.807, 2.05) is 0 Å². The van der Waals surface area contributed by atoms with Gasteiger partial charge in [0.05, 0.1) is 0 Å². The Hall–Kier alpha value is -1.32. The fourth-order valence-corrected chi connectivity index (χ4v) is 1.53. The van der Waals surface area contributed by atoms with Gasteiger partial charge in [-0.2, -0.15) is 0 Å². The molecule has 1 fully saturated rings. The first kappa shape index (κ1) is 16.7. The highest BCUT2D eigenvalue weighted by molar-refractivity contribution is 5.90. The van der Waals surface area contributed by atoms with Gasteiger partial charge in [0.15, 0.2) is 0 Å². The van der Waals surface area contributed by atoms with E-state index in [4.69, 9.17) is 9.84 Å². The van der Waals surface area contributed by atoms with Gasteiger partial charge in [0.2, 0.25) is 0 Å². The lowest BCUT2D eigenvalue weighted by molar-refractivity contribution is -0.144. The molecule has 0 bridgehead atoms. The third-order valence-electron chi connectivity index (χ3n) is 2.70. The second-order valence-corrected chi connectivity index (χ2v) is 4.37. The minimum absolute atomic E-state index is 0.0188. The minimum atomic E-state index is -1.13. The van der Waals surface area contributed by atoms with Gasteiger partial charge in [-0.05, 0) is 25.7 Å². The predicted molar refractivity (Wildman–Crippen MR) is 70.3 cm³/mol. The van der Waals surface area contributed by atoms with Crippen LogP contribution in [-0.4, -0.2) is 23.1 Å². The van der Waals surface area contributed by atoms with Gasteiger partial charge in [-0.25, -0.2) is 9.59 Å². The normalized spacial score (nSPS) is 15.9. The summed E-state index contributed by atoms with van der Waals surface area (Å²) in [4.78, 5) is 21.1. The zero-order chi connectivity index (χ0) is 13.8. The molecule has 1 N–H and O–H groups in total. The molecule has 1 rings (SSSR count). The van der Waals surface area contributed by atoms with E-state index in [1.165, 1.54) is 19.3 Å². The Morgan fingerprint density at radius 2 is 1.67 bits per heavy atom. The first-order valence-corrected chi connectivity index (χ1v) is 6.71. The van der Waals surface area contributed by atoms with E-state index in [9.17, 15) is 9.59 Å². The number of carbonyl (C=O) groups excluding carboxylic acids is 1. The molecule has 0 atom stereocenters. The first-order chi connectivity index (χ1) is 8.60. The van der Waals surface area contributed by atoms with Crippen molar-refractivity contribution in [1.82, 2.24) is 0 Å². The number of rotatable bonds is 4. The van der Waals surface area contributed by atoms with Crippen molar-refractivity contribution in [2.45, 2.75) is 64.9 Å². The molecular weight excluding hydrogens is 232 g/mol. The molecular formula is C14H24O4. The molecule has 0 saturated heterocycles. The molecule has 4 nitrogen and oxygen atoms in total. The largest absolute Gasteiger partial charge is 0.478 e. The molecule has 18 heavy (non-hydrogen) atoms. The number of hydrogen-bond acceptors (Lipinski definition) is 3. The molecule has 1 saturated carbocycles. The summed E-state index contributed by atoms with van der Waals surface area (Å²) >= 11 is 0. The zero-order valence-corrected chi connectivity index (χ0v) is 11.4. The van der Waals surface area contributed by atoms with Crippen LogP contribution in [0.3, 0.4) is 0 Å². The van der Waals surface area contributed by atoms with Crippen molar-refractivity contribution < 1.29 is 19.4 Å². The van der Waals surface area contributed by atoms with E-state index >= 15 is 0 Å². The monoisotopic (exact) mass is 256 g/mol. The average Bonchev–Trinajstić information content (AvgIpc) is 2.38. The Labute approximate surface area is 109 Å². The fourth-order valence-electron chi connectivity index (χ4n) is 1.53. The van der Waals surface area contributed by atoms with Gasteiger partial charge in [-0.1, -0.05) is 33.1 Å². The van der Waals surface area contributed by atoms with Crippen molar-refractivity contribution in [3.05, 3.63) is 12.2 Å². The zero-order valence-electron chi connectivity index (χ0n) is 11.4. The molecule has 0 aromatic rings. The molecule has 0 heterocycles. The quantitative estimate of drug-likeness (QED) is 0.619. The number of aliphatic carboxylic acids is 1. The number of esters is 1. The Balaban J connectivity index is 0.000000631. The second kappa shape index (κ2) is 10.8. The summed E-state index contributed by atoms with van der Waals surface area (Å²) < 4.78 is 5.05. The lowest BCUT2D eigenvalue weighted by atomic mass is 9.98. The molecule has 0 unspecified atom stereocenters. The average molecular weight is 256 g/mol. The fraction of sp³-hybridized carbons (Fsp3) is 0.714. The van der Waals surface area contributed by atoms with Gasteiger partial charge in [-0.15, -0.1) is 0 Å². The maximum absolute atomic E-state index is 11.0. The molecule has 104 valence electrons. The third-order valence-corrected chi connectivity index (χ3v) is 2.70. The summed E-state index contributed by atoms with van der Waals surface area (Å²) in [7, 11) is 0. The van der Waals surface area contributed by atoms with Crippen LogP contribution in [0.1, 0.15) is 58.8 Å². The smallest absolute Gasteiger partial charge is 0.331 e. The molecule has 0 aromatic carbocycles. The van der Waals surface area contributed by atoms with E-state index < -0.39 is 11.9 Å². The summed E-state index contributed by atoms with van der Waals surface area (Å²) in [6.07, 6.45) is 9.52. The highest BCUT2D eigenvalue weighted by Gasteiger charge is 2.16. The number of carboxylic acid groups (broad SMARTS) is 1. The van der Waals surface area contributed by atoms with Crippen molar-refractivity contribution in [1.29, 1.82) is 0 Å². The van der Waals surface area contributed by atoms with Crippen molar-refractivity contribution in [3.8, 4) is 0 Å². The molecule has 0 aromatic heterocycles. The van der Waals surface area contributed by atoms with Crippen LogP contribution < -0.4 is 0 Å². The maximum Gasteiger partial charge on any atom is 0.331 e. The first-order valence-electron chi connectivity index (χ1n) is 6.71. The summed E-state index contributed by atoms with van der Waals surface area (Å²) in [5, 5.41) is 8.27. The van der Waals surface area contributed by atoms with E-state index in [2.05, 4.69) is 13.8 Å². The molecule has 0 spiro atoms. The highest BCUT2D eigenvalue weighted by atomic mass is 16.5. The van der Waals surface area contributed by atoms with Crippen LogP contribution in [-0.2, 0) is 14.3 Å². The number of ether oxygens (including phenoxy) is 1. The van der Waals surface area contributed by atoms with Gasteiger partial charge >= 0.3 is 11.9 Å². The van der Waals surface area contributed by atoms with E-state index in [0.717, 1.165) is 37.8 Å². The molecule has 0 radical (unpaired) electrons. The molecule has 0 aliphatic heterocycles. The molecule has 1 aliphatic carbocycles. The van der Waals surface area contributed by atoms with Gasteiger partial charge < -0.3 is 9.84 Å². The predicted octanol–water partition coefficient (Wildman–Crippen LogP) is 3.31. The van der Waals surface area contributed by atoms with Crippen LogP contribution in [0.5, 0.6) is 0 Å². The van der Waals surface area contributed by atoms with Gasteiger partial charge in [0.25, 0.3) is 0 Å². The Kier molecular flexibility index (Phi) is 10.0. The van der Waals surface area contributed by atoms with Crippen LogP contribution in [0.2, 0.25) is 0 Å². The molecule has 4 heteroatoms. The van der Waals surface area contributed by atoms with E-state index in [1.54, 1.807) is 0 Å². The Bertz CT molecular complexity index is 263. The summed E-state index contributed by atoms with van der Waals surface area (Å²) in [5.41, 5.74) is 0. The standard InChI is InChI=1S/C10H14O4.C4H10/c11-9(12)6-7-10(13)14-8-4-2-1-3-5-8;1-3-4-2/h6-8H,1-5H2,(H,11,12);3-4H2,1-2H3/b7-6-;. The number of carbonyl (C=O) groups is 2. The number of carboxylic acids is 1. The van der Waals surface area contributed by atoms with Crippen molar-refractivity contribution >= 4 is 11.9 Å². The van der Waals surface area contributed by atoms with Gasteiger partial charge in [0, 0.05) is 12.2 Å².